The van der Waals surface area contributed by atoms with Gasteiger partial charge in [-0.3, -0.25) is 4.90 Å². The van der Waals surface area contributed by atoms with Gasteiger partial charge in [0.25, 0.3) is 0 Å². The molecule has 1 aliphatic heterocycles. The molecular weight excluding hydrogens is 698 g/mol. The van der Waals surface area contributed by atoms with Gasteiger partial charge in [0.05, 0.1) is 43.0 Å². The van der Waals surface area contributed by atoms with Crippen molar-refractivity contribution in [1.29, 1.82) is 0 Å². The maximum atomic E-state index is 14.2. The summed E-state index contributed by atoms with van der Waals surface area (Å²) in [6, 6.07) is 18.2. The summed E-state index contributed by atoms with van der Waals surface area (Å²) in [7, 11) is 1.10. The number of benzene rings is 3. The molecule has 0 radical (unpaired) electrons. The van der Waals surface area contributed by atoms with E-state index in [9.17, 15) is 40.7 Å². The maximum absolute atomic E-state index is 14.2. The third-order valence-electron chi connectivity index (χ3n) is 8.61. The molecule has 0 saturated carbocycles. The second-order valence-electron chi connectivity index (χ2n) is 13.5. The lowest BCUT2D eigenvalue weighted by Crippen LogP contribution is -2.70. The number of rotatable bonds is 9. The van der Waals surface area contributed by atoms with Gasteiger partial charge >= 0.3 is 30.5 Å². The number of hydrogen-bond donors (Lipinski definition) is 1. The molecule has 1 heterocycles. The van der Waals surface area contributed by atoms with E-state index in [2.05, 4.69) is 5.32 Å². The number of alkyl carbamates (subject to hydrolysis) is 1. The third-order valence-corrected chi connectivity index (χ3v) is 8.61. The molecule has 282 valence electrons. The van der Waals surface area contributed by atoms with E-state index in [0.717, 1.165) is 7.11 Å². The fourth-order valence-corrected chi connectivity index (χ4v) is 5.96. The number of halogens is 6. The van der Waals surface area contributed by atoms with Crippen LogP contribution in [0, 0.1) is 0 Å². The first-order valence-corrected chi connectivity index (χ1v) is 16.2. The fraction of sp³-hybridized carbons (Fsp3) is 0.432. The molecule has 1 N–H and O–H groups in total. The van der Waals surface area contributed by atoms with Crippen molar-refractivity contribution in [1.82, 2.24) is 10.2 Å². The van der Waals surface area contributed by atoms with E-state index in [1.54, 1.807) is 81.4 Å². The van der Waals surface area contributed by atoms with Crippen LogP contribution in [0.5, 0.6) is 0 Å². The zero-order valence-corrected chi connectivity index (χ0v) is 29.2. The van der Waals surface area contributed by atoms with Crippen LogP contribution in [-0.4, -0.2) is 54.5 Å². The van der Waals surface area contributed by atoms with E-state index >= 15 is 0 Å². The van der Waals surface area contributed by atoms with Gasteiger partial charge in [-0.1, -0.05) is 60.7 Å². The maximum Gasteiger partial charge on any atom is 0.416 e. The minimum Gasteiger partial charge on any atom is -0.467 e. The molecule has 1 aliphatic rings. The van der Waals surface area contributed by atoms with E-state index in [-0.39, 0.29) is 25.5 Å². The van der Waals surface area contributed by atoms with Gasteiger partial charge in [0.1, 0.15) is 12.2 Å². The van der Waals surface area contributed by atoms with E-state index in [0.29, 0.717) is 23.3 Å². The highest BCUT2D eigenvalue weighted by atomic mass is 19.4. The van der Waals surface area contributed by atoms with Crippen LogP contribution in [0.1, 0.15) is 74.5 Å². The third kappa shape index (κ3) is 9.55. The van der Waals surface area contributed by atoms with E-state index in [4.69, 9.17) is 18.9 Å². The number of nitrogens with one attached hydrogen (secondary N) is 1. The van der Waals surface area contributed by atoms with Crippen LogP contribution in [0.2, 0.25) is 0 Å². The summed E-state index contributed by atoms with van der Waals surface area (Å²) >= 11 is 0. The number of methoxy groups -OCH3 is 1. The van der Waals surface area contributed by atoms with Crippen LogP contribution in [-0.2, 0) is 48.2 Å². The predicted octanol–water partition coefficient (Wildman–Crippen LogP) is 8.57. The Morgan fingerprint density at radius 3 is 1.92 bits per heavy atom. The monoisotopic (exact) mass is 738 g/mol. The number of alkyl halides is 6. The van der Waals surface area contributed by atoms with E-state index in [1.165, 1.54) is 11.8 Å². The first-order chi connectivity index (χ1) is 24.2. The Morgan fingerprint density at radius 1 is 0.846 bits per heavy atom. The zero-order valence-electron chi connectivity index (χ0n) is 29.2. The number of carbonyl (C=O) groups is 3. The summed E-state index contributed by atoms with van der Waals surface area (Å²) in [6.45, 7) is 4.93. The molecule has 0 bridgehead atoms. The average molecular weight is 739 g/mol. The molecule has 1 saturated heterocycles. The number of carbonyl (C=O) groups excluding carboxylic acids is 3. The minimum atomic E-state index is -5.08. The van der Waals surface area contributed by atoms with Crippen LogP contribution in [0.4, 0.5) is 35.9 Å². The van der Waals surface area contributed by atoms with Gasteiger partial charge in [0, 0.05) is 0 Å². The molecule has 3 atom stereocenters. The molecule has 4 rings (SSSR count). The van der Waals surface area contributed by atoms with Crippen molar-refractivity contribution in [2.45, 2.75) is 82.3 Å². The number of nitrogens with zero attached hydrogens (tertiary/aromatic N) is 1. The Kier molecular flexibility index (Phi) is 11.9. The van der Waals surface area contributed by atoms with Gasteiger partial charge in [-0.2, -0.15) is 26.3 Å². The van der Waals surface area contributed by atoms with Gasteiger partial charge in [-0.05, 0) is 75.4 Å². The number of hydrogen-bond acceptors (Lipinski definition) is 7. The number of amides is 2. The quantitative estimate of drug-likeness (QED) is 0.133. The second-order valence-corrected chi connectivity index (χ2v) is 13.5. The lowest BCUT2D eigenvalue weighted by atomic mass is 9.74. The van der Waals surface area contributed by atoms with Gasteiger partial charge in [0.2, 0.25) is 0 Å². The zero-order chi connectivity index (χ0) is 38.5. The largest absolute Gasteiger partial charge is 0.467 e. The Hall–Kier alpha value is -4.79. The standard InChI is InChI=1S/C37H40F6N2O7/c1-24(26-18-28(36(38,39)40)20-29(19-26)37(41,42)43)51-23-35(27-14-10-7-11-15-27)17-16-34(30(46)49-5,44-31(47)52-33(2,3)4)22-45(35)32(48)50-21-25-12-8-6-9-13-25/h6-15,18-20,24H,16-17,21-23H2,1-5H3,(H,44,47)/t24?,34?,35-/m1/s1. The molecular formula is C37H40F6N2O7. The van der Waals surface area contributed by atoms with Crippen LogP contribution >= 0.6 is 0 Å². The summed E-state index contributed by atoms with van der Waals surface area (Å²) in [4.78, 5) is 41.9. The topological polar surface area (TPSA) is 103 Å². The Bertz CT molecular complexity index is 1680. The summed E-state index contributed by atoms with van der Waals surface area (Å²) in [5.41, 5.74) is -6.70. The normalized spacial score (nSPS) is 20.1. The summed E-state index contributed by atoms with van der Waals surface area (Å²) in [5.74, 6) is -0.904. The highest BCUT2D eigenvalue weighted by Crippen LogP contribution is 2.44. The number of likely N-dealkylation sites (tertiary alicyclic amines) is 1. The summed E-state index contributed by atoms with van der Waals surface area (Å²) in [5, 5.41) is 2.58. The Morgan fingerprint density at radius 2 is 1.40 bits per heavy atom. The molecule has 52 heavy (non-hydrogen) atoms. The van der Waals surface area contributed by atoms with Gasteiger partial charge in [0.15, 0.2) is 5.54 Å². The first-order valence-electron chi connectivity index (χ1n) is 16.2. The van der Waals surface area contributed by atoms with Crippen LogP contribution in [0.3, 0.4) is 0 Å². The van der Waals surface area contributed by atoms with Crippen LogP contribution in [0.15, 0.2) is 78.9 Å². The molecule has 0 aromatic heterocycles. The second kappa shape index (κ2) is 15.4. The highest BCUT2D eigenvalue weighted by molar-refractivity contribution is 5.87. The first kappa shape index (κ1) is 40.0. The average Bonchev–Trinajstić information content (AvgIpc) is 3.08. The molecule has 0 aliphatic carbocycles. The fourth-order valence-electron chi connectivity index (χ4n) is 5.96. The molecule has 2 unspecified atom stereocenters. The lowest BCUT2D eigenvalue weighted by molar-refractivity contribution is -0.155. The smallest absolute Gasteiger partial charge is 0.416 e. The lowest BCUT2D eigenvalue weighted by Gasteiger charge is -2.52. The number of ether oxygens (including phenoxy) is 4. The summed E-state index contributed by atoms with van der Waals surface area (Å²) in [6.07, 6.45) is -13.7. The predicted molar refractivity (Wildman–Crippen MR) is 176 cm³/mol. The molecule has 1 fully saturated rings. The Labute approximate surface area is 297 Å². The van der Waals surface area contributed by atoms with Crippen molar-refractivity contribution in [3.8, 4) is 0 Å². The van der Waals surface area contributed by atoms with Crippen molar-refractivity contribution in [2.24, 2.45) is 0 Å². The molecule has 9 nitrogen and oxygen atoms in total. The van der Waals surface area contributed by atoms with Crippen molar-refractivity contribution in [3.05, 3.63) is 107 Å². The molecule has 2 amide bonds. The van der Waals surface area contributed by atoms with Gasteiger partial charge in [-0.15, -0.1) is 0 Å². The van der Waals surface area contributed by atoms with Crippen molar-refractivity contribution < 1.29 is 59.7 Å². The van der Waals surface area contributed by atoms with Crippen molar-refractivity contribution in [2.75, 3.05) is 20.3 Å². The molecule has 3 aromatic rings. The minimum absolute atomic E-state index is 0.0252. The van der Waals surface area contributed by atoms with Crippen molar-refractivity contribution in [3.63, 3.8) is 0 Å². The van der Waals surface area contributed by atoms with Crippen LogP contribution in [0.25, 0.3) is 0 Å². The van der Waals surface area contributed by atoms with Crippen LogP contribution < -0.4 is 5.32 Å². The molecule has 3 aromatic carbocycles. The van der Waals surface area contributed by atoms with E-state index in [1.807, 2.05) is 0 Å². The van der Waals surface area contributed by atoms with E-state index < -0.39 is 83.1 Å². The molecule has 15 heteroatoms. The summed E-state index contributed by atoms with van der Waals surface area (Å²) < 4.78 is 105. The Balaban J connectivity index is 1.80. The SMILES string of the molecule is COC(=O)C1(NC(=O)OC(C)(C)C)CC[C@@](COC(C)c2cc(C(F)(F)F)cc(C(F)(F)F)c2)(c2ccccc2)N(C(=O)OCc2ccccc2)C1. The number of esters is 1. The van der Waals surface area contributed by atoms with Crippen molar-refractivity contribution >= 4 is 18.2 Å². The van der Waals surface area contributed by atoms with Gasteiger partial charge in [-0.25, -0.2) is 14.4 Å². The number of piperidine rings is 1. The highest BCUT2D eigenvalue weighted by Gasteiger charge is 2.56. The molecule has 0 spiro atoms. The van der Waals surface area contributed by atoms with Gasteiger partial charge < -0.3 is 24.3 Å².